The van der Waals surface area contributed by atoms with Gasteiger partial charge >= 0.3 is 5.97 Å². The number of nitro benzene ring substituents is 1. The number of hydrogen-bond acceptors (Lipinski definition) is 5. The smallest absolute Gasteiger partial charge is 0.309 e. The predicted octanol–water partition coefficient (Wildman–Crippen LogP) is 2.53. The molecule has 1 N–H and O–H groups in total. The molecule has 0 aliphatic heterocycles. The molecule has 1 aliphatic rings. The van der Waals surface area contributed by atoms with E-state index in [1.54, 1.807) is 0 Å². The standard InChI is InChI=1S/C13H13ClN2O5/c14-10-5-4-9(6-11(10)16(19)20)15-12(17)7-21-13(18)8-2-1-3-8/h4-6,8H,1-3,7H2,(H,15,17). The van der Waals surface area contributed by atoms with Crippen molar-refractivity contribution >= 4 is 34.9 Å². The molecule has 0 spiro atoms. The topological polar surface area (TPSA) is 98.5 Å². The maximum Gasteiger partial charge on any atom is 0.309 e. The van der Waals surface area contributed by atoms with Crippen LogP contribution in [0.15, 0.2) is 18.2 Å². The van der Waals surface area contributed by atoms with Crippen LogP contribution in [-0.2, 0) is 14.3 Å². The van der Waals surface area contributed by atoms with E-state index in [1.165, 1.54) is 12.1 Å². The lowest BCUT2D eigenvalue weighted by atomic mass is 9.86. The molecule has 1 amide bonds. The lowest BCUT2D eigenvalue weighted by Gasteiger charge is -2.22. The zero-order chi connectivity index (χ0) is 15.4. The Morgan fingerprint density at radius 2 is 2.14 bits per heavy atom. The summed E-state index contributed by atoms with van der Waals surface area (Å²) < 4.78 is 4.87. The van der Waals surface area contributed by atoms with Crippen LogP contribution in [0, 0.1) is 16.0 Å². The Bertz CT molecular complexity index is 586. The number of carbonyl (C=O) groups is 2. The molecule has 0 bridgehead atoms. The van der Waals surface area contributed by atoms with E-state index < -0.39 is 17.4 Å². The highest BCUT2D eigenvalue weighted by atomic mass is 35.5. The van der Waals surface area contributed by atoms with Gasteiger partial charge in [-0.3, -0.25) is 19.7 Å². The Balaban J connectivity index is 1.88. The van der Waals surface area contributed by atoms with E-state index in [2.05, 4.69) is 5.32 Å². The number of hydrogen-bond donors (Lipinski definition) is 1. The minimum Gasteiger partial charge on any atom is -0.455 e. The Kier molecular flexibility index (Phi) is 4.74. The number of esters is 1. The molecule has 0 atom stereocenters. The molecule has 7 nitrogen and oxygen atoms in total. The molecule has 112 valence electrons. The number of benzene rings is 1. The number of anilines is 1. The van der Waals surface area contributed by atoms with Gasteiger partial charge in [-0.15, -0.1) is 0 Å². The SMILES string of the molecule is O=C(COC(=O)C1CCC1)Nc1ccc(Cl)c([N+](=O)[O-])c1. The molecule has 1 fully saturated rings. The minimum atomic E-state index is -0.644. The monoisotopic (exact) mass is 312 g/mol. The highest BCUT2D eigenvalue weighted by molar-refractivity contribution is 6.32. The Morgan fingerprint density at radius 1 is 1.43 bits per heavy atom. The van der Waals surface area contributed by atoms with Crippen molar-refractivity contribution in [3.05, 3.63) is 33.3 Å². The molecule has 0 saturated heterocycles. The minimum absolute atomic E-state index is 0.0191. The van der Waals surface area contributed by atoms with Gasteiger partial charge in [-0.1, -0.05) is 18.0 Å². The molecule has 0 aromatic heterocycles. The summed E-state index contributed by atoms with van der Waals surface area (Å²) in [6.07, 6.45) is 2.59. The molecule has 8 heteroatoms. The van der Waals surface area contributed by atoms with Crippen LogP contribution in [0.1, 0.15) is 19.3 Å². The maximum absolute atomic E-state index is 11.6. The van der Waals surface area contributed by atoms with Gasteiger partial charge in [0.25, 0.3) is 11.6 Å². The van der Waals surface area contributed by atoms with Gasteiger partial charge in [-0.2, -0.15) is 0 Å². The molecule has 0 radical (unpaired) electrons. The zero-order valence-corrected chi connectivity index (χ0v) is 11.8. The average molecular weight is 313 g/mol. The van der Waals surface area contributed by atoms with Crippen LogP contribution < -0.4 is 5.32 Å². The van der Waals surface area contributed by atoms with E-state index in [4.69, 9.17) is 16.3 Å². The molecule has 1 aliphatic carbocycles. The summed E-state index contributed by atoms with van der Waals surface area (Å²) in [6, 6.07) is 3.89. The zero-order valence-electron chi connectivity index (χ0n) is 11.0. The average Bonchev–Trinajstić information content (AvgIpc) is 2.36. The van der Waals surface area contributed by atoms with Crippen molar-refractivity contribution in [3.8, 4) is 0 Å². The number of rotatable bonds is 5. The van der Waals surface area contributed by atoms with E-state index in [9.17, 15) is 19.7 Å². The van der Waals surface area contributed by atoms with Gasteiger partial charge < -0.3 is 10.1 Å². The first kappa shape index (κ1) is 15.2. The maximum atomic E-state index is 11.6. The predicted molar refractivity (Wildman–Crippen MR) is 75.0 cm³/mol. The molecule has 21 heavy (non-hydrogen) atoms. The number of nitrogens with one attached hydrogen (secondary N) is 1. The van der Waals surface area contributed by atoms with Crippen LogP contribution >= 0.6 is 11.6 Å². The van der Waals surface area contributed by atoms with Crippen molar-refractivity contribution in [3.63, 3.8) is 0 Å². The second-order valence-corrected chi connectivity index (χ2v) is 5.11. The van der Waals surface area contributed by atoms with Crippen molar-refractivity contribution < 1.29 is 19.2 Å². The van der Waals surface area contributed by atoms with Gasteiger partial charge in [0, 0.05) is 11.8 Å². The third-order valence-corrected chi connectivity index (χ3v) is 3.53. The third-order valence-electron chi connectivity index (χ3n) is 3.21. The van der Waals surface area contributed by atoms with E-state index >= 15 is 0 Å². The number of nitrogens with zero attached hydrogens (tertiary/aromatic N) is 1. The number of halogens is 1. The van der Waals surface area contributed by atoms with Gasteiger partial charge in [0.15, 0.2) is 6.61 Å². The summed E-state index contributed by atoms with van der Waals surface area (Å²) in [4.78, 5) is 33.2. The van der Waals surface area contributed by atoms with Crippen LogP contribution in [0.5, 0.6) is 0 Å². The second-order valence-electron chi connectivity index (χ2n) is 4.71. The Hall–Kier alpha value is -2.15. The van der Waals surface area contributed by atoms with Crippen LogP contribution in [0.2, 0.25) is 5.02 Å². The molecule has 0 heterocycles. The van der Waals surface area contributed by atoms with Crippen molar-refractivity contribution in [2.24, 2.45) is 5.92 Å². The van der Waals surface area contributed by atoms with Gasteiger partial charge in [0.1, 0.15) is 5.02 Å². The first-order valence-corrected chi connectivity index (χ1v) is 6.75. The quantitative estimate of drug-likeness (QED) is 0.511. The Labute approximate surface area is 125 Å². The second kappa shape index (κ2) is 6.53. The van der Waals surface area contributed by atoms with Crippen molar-refractivity contribution in [2.45, 2.75) is 19.3 Å². The summed E-state index contributed by atoms with van der Waals surface area (Å²) in [5, 5.41) is 13.1. The van der Waals surface area contributed by atoms with Gasteiger partial charge in [-0.05, 0) is 25.0 Å². The fraction of sp³-hybridized carbons (Fsp3) is 0.385. The van der Waals surface area contributed by atoms with Gasteiger partial charge in [0.2, 0.25) is 0 Å². The lowest BCUT2D eigenvalue weighted by molar-refractivity contribution is -0.384. The number of ether oxygens (including phenoxy) is 1. The Morgan fingerprint density at radius 3 is 2.71 bits per heavy atom. The largest absolute Gasteiger partial charge is 0.455 e. The first-order valence-electron chi connectivity index (χ1n) is 6.38. The number of carbonyl (C=O) groups excluding carboxylic acids is 2. The van der Waals surface area contributed by atoms with Crippen LogP contribution in [0.4, 0.5) is 11.4 Å². The van der Waals surface area contributed by atoms with Crippen LogP contribution in [0.25, 0.3) is 0 Å². The van der Waals surface area contributed by atoms with E-state index in [0.717, 1.165) is 25.3 Å². The molecule has 0 unspecified atom stereocenters. The van der Waals surface area contributed by atoms with E-state index in [0.29, 0.717) is 0 Å². The fourth-order valence-corrected chi connectivity index (χ4v) is 2.01. The van der Waals surface area contributed by atoms with Gasteiger partial charge in [0.05, 0.1) is 10.8 Å². The van der Waals surface area contributed by atoms with Gasteiger partial charge in [-0.25, -0.2) is 0 Å². The number of amides is 1. The molecule has 1 aromatic rings. The fourth-order valence-electron chi connectivity index (χ4n) is 1.83. The van der Waals surface area contributed by atoms with Crippen molar-refractivity contribution in [1.82, 2.24) is 0 Å². The lowest BCUT2D eigenvalue weighted by Crippen LogP contribution is -2.28. The molecular weight excluding hydrogens is 300 g/mol. The van der Waals surface area contributed by atoms with Crippen molar-refractivity contribution in [2.75, 3.05) is 11.9 Å². The summed E-state index contributed by atoms with van der Waals surface area (Å²) in [7, 11) is 0. The normalized spacial score (nSPS) is 14.1. The van der Waals surface area contributed by atoms with Crippen molar-refractivity contribution in [1.29, 1.82) is 0 Å². The van der Waals surface area contributed by atoms with E-state index in [1.807, 2.05) is 0 Å². The summed E-state index contributed by atoms with van der Waals surface area (Å²) in [5.41, 5.74) is -0.0864. The third kappa shape index (κ3) is 3.91. The van der Waals surface area contributed by atoms with Crippen LogP contribution in [-0.4, -0.2) is 23.4 Å². The van der Waals surface area contributed by atoms with E-state index in [-0.39, 0.29) is 28.3 Å². The first-order chi connectivity index (χ1) is 9.97. The summed E-state index contributed by atoms with van der Waals surface area (Å²) in [5.74, 6) is -1.04. The highest BCUT2D eigenvalue weighted by Crippen LogP contribution is 2.28. The molecule has 2 rings (SSSR count). The molecular formula is C13H13ClN2O5. The van der Waals surface area contributed by atoms with Crippen LogP contribution in [0.3, 0.4) is 0 Å². The summed E-state index contributed by atoms with van der Waals surface area (Å²) >= 11 is 5.66. The number of nitro groups is 1. The molecule has 1 saturated carbocycles. The highest BCUT2D eigenvalue weighted by Gasteiger charge is 2.27. The summed E-state index contributed by atoms with van der Waals surface area (Å²) in [6.45, 7) is -0.411. The molecule has 1 aromatic carbocycles.